The maximum Gasteiger partial charge on any atom is 0.235 e. The Morgan fingerprint density at radius 3 is 2.73 bits per heavy atom. The highest BCUT2D eigenvalue weighted by molar-refractivity contribution is 5.93. The van der Waals surface area contributed by atoms with E-state index in [1.54, 1.807) is 17.9 Å². The molecule has 0 atom stereocenters. The minimum absolute atomic E-state index is 0.0267. The fourth-order valence-corrected chi connectivity index (χ4v) is 0.842. The molecule has 0 saturated carbocycles. The second-order valence-electron chi connectivity index (χ2n) is 2.82. The lowest BCUT2D eigenvalue weighted by Gasteiger charge is -1.97. The van der Waals surface area contributed by atoms with Gasteiger partial charge in [-0.1, -0.05) is 19.1 Å². The van der Waals surface area contributed by atoms with Crippen LogP contribution in [-0.2, 0) is 7.05 Å². The summed E-state index contributed by atoms with van der Waals surface area (Å²) in [7, 11) is 1.77. The summed E-state index contributed by atoms with van der Waals surface area (Å²) in [6.07, 6.45) is 1.54. The predicted molar refractivity (Wildman–Crippen MR) is 38.9 cm³/mol. The average Bonchev–Trinajstić information content (AvgIpc) is 2.33. The normalized spacial score (nSPS) is 10.5. The van der Waals surface area contributed by atoms with Crippen LogP contribution >= 0.6 is 0 Å². The molecule has 0 fully saturated rings. The first-order valence-electron chi connectivity index (χ1n) is 3.56. The predicted octanol–water partition coefficient (Wildman–Crippen LogP) is 0.0729. The summed E-state index contributed by atoms with van der Waals surface area (Å²) < 4.78 is 1.61. The van der Waals surface area contributed by atoms with E-state index in [0.717, 1.165) is 0 Å². The van der Waals surface area contributed by atoms with Gasteiger partial charge in [-0.15, -0.1) is 0 Å². The summed E-state index contributed by atoms with van der Waals surface area (Å²) in [6.45, 7) is 3.74. The number of rotatable bonds is 2. The highest BCUT2D eigenvalue weighted by Gasteiger charge is 2.19. The van der Waals surface area contributed by atoms with Crippen molar-refractivity contribution in [1.29, 1.82) is 0 Å². The first-order valence-corrected chi connectivity index (χ1v) is 3.56. The number of hydrogen-bond donors (Lipinski definition) is 1. The van der Waals surface area contributed by atoms with Crippen LogP contribution in [0, 0.1) is 5.92 Å². The minimum Gasteiger partial charge on any atom is -0.290 e. The molecule has 0 aromatic carbocycles. The zero-order valence-electron chi connectivity index (χ0n) is 6.96. The second-order valence-corrected chi connectivity index (χ2v) is 2.82. The summed E-state index contributed by atoms with van der Waals surface area (Å²) in [5.41, 5.74) is 0.625. The third-order valence-corrected chi connectivity index (χ3v) is 1.53. The molecule has 1 N–H and O–H groups in total. The molecule has 0 amide bonds. The van der Waals surface area contributed by atoms with Crippen LogP contribution in [0.5, 0.6) is 0 Å². The monoisotopic (exact) mass is 154 g/mol. The topological polar surface area (TPSA) is 49.6 Å². The van der Waals surface area contributed by atoms with Crippen molar-refractivity contribution < 1.29 is 9.48 Å². The van der Waals surface area contributed by atoms with E-state index in [1.807, 2.05) is 13.8 Å². The first kappa shape index (κ1) is 7.91. The molecule has 0 unspecified atom stereocenters. The number of aryl methyl sites for hydroxylation is 1. The lowest BCUT2D eigenvalue weighted by Crippen LogP contribution is -2.37. The molecule has 1 heterocycles. The van der Waals surface area contributed by atoms with Crippen molar-refractivity contribution in [2.45, 2.75) is 13.8 Å². The number of aromatic nitrogens is 3. The van der Waals surface area contributed by atoms with Crippen molar-refractivity contribution >= 4 is 5.78 Å². The van der Waals surface area contributed by atoms with E-state index in [4.69, 9.17) is 0 Å². The zero-order valence-corrected chi connectivity index (χ0v) is 6.96. The third kappa shape index (κ3) is 1.45. The van der Waals surface area contributed by atoms with Crippen molar-refractivity contribution in [3.05, 3.63) is 11.9 Å². The van der Waals surface area contributed by atoms with E-state index in [-0.39, 0.29) is 11.7 Å². The van der Waals surface area contributed by atoms with E-state index in [9.17, 15) is 4.79 Å². The van der Waals surface area contributed by atoms with Gasteiger partial charge in [-0.3, -0.25) is 4.79 Å². The molecule has 1 rings (SSSR count). The van der Waals surface area contributed by atoms with Crippen LogP contribution in [0.25, 0.3) is 0 Å². The Bertz CT molecular complexity index is 264. The maximum atomic E-state index is 11.3. The fourth-order valence-electron chi connectivity index (χ4n) is 0.842. The Labute approximate surface area is 65.2 Å². The number of carbonyl (C=O) groups is 1. The summed E-state index contributed by atoms with van der Waals surface area (Å²) in [5.74, 6) is 0.139. The van der Waals surface area contributed by atoms with Gasteiger partial charge in [-0.05, 0) is 0 Å². The number of H-pyrrole nitrogens is 1. The Balaban J connectivity index is 2.93. The molecule has 0 saturated heterocycles. The standard InChI is InChI=1S/C7H11N3O/c1-5(2)7(11)6-4-8-9-10(6)3/h4-5H,1-3H3/p+1. The van der Waals surface area contributed by atoms with Crippen LogP contribution in [0.3, 0.4) is 0 Å². The Morgan fingerprint density at radius 2 is 2.36 bits per heavy atom. The second kappa shape index (κ2) is 2.82. The summed E-state index contributed by atoms with van der Waals surface area (Å²) >= 11 is 0. The molecular formula is C7H12N3O+. The van der Waals surface area contributed by atoms with Crippen molar-refractivity contribution in [2.75, 3.05) is 0 Å². The van der Waals surface area contributed by atoms with Gasteiger partial charge in [0.05, 0.1) is 0 Å². The molecule has 0 bridgehead atoms. The van der Waals surface area contributed by atoms with Crippen LogP contribution in [0.4, 0.5) is 0 Å². The van der Waals surface area contributed by atoms with E-state index < -0.39 is 0 Å². The van der Waals surface area contributed by atoms with Gasteiger partial charge >= 0.3 is 0 Å². The number of nitrogens with zero attached hydrogens (tertiary/aromatic N) is 2. The van der Waals surface area contributed by atoms with Crippen molar-refractivity contribution in [3.8, 4) is 0 Å². The van der Waals surface area contributed by atoms with E-state index in [1.165, 1.54) is 0 Å². The van der Waals surface area contributed by atoms with Crippen LogP contribution in [-0.4, -0.2) is 16.1 Å². The van der Waals surface area contributed by atoms with Crippen LogP contribution < -0.4 is 4.68 Å². The van der Waals surface area contributed by atoms with Gasteiger partial charge in [0, 0.05) is 11.0 Å². The highest BCUT2D eigenvalue weighted by Crippen LogP contribution is 2.00. The first-order chi connectivity index (χ1) is 5.13. The molecule has 1 aromatic heterocycles. The molecule has 4 heteroatoms. The Morgan fingerprint density at radius 1 is 1.73 bits per heavy atom. The molecule has 1 aromatic rings. The van der Waals surface area contributed by atoms with Gasteiger partial charge < -0.3 is 0 Å². The number of aromatic amines is 1. The Hall–Kier alpha value is -1.19. The van der Waals surface area contributed by atoms with Crippen molar-refractivity contribution in [2.24, 2.45) is 13.0 Å². The summed E-state index contributed by atoms with van der Waals surface area (Å²) in [6, 6.07) is 0. The highest BCUT2D eigenvalue weighted by atomic mass is 16.1. The van der Waals surface area contributed by atoms with Gasteiger partial charge in [-0.25, -0.2) is 0 Å². The fraction of sp³-hybridized carbons (Fsp3) is 0.571. The van der Waals surface area contributed by atoms with Gasteiger partial charge in [0.15, 0.2) is 0 Å². The van der Waals surface area contributed by atoms with E-state index in [0.29, 0.717) is 5.69 Å². The van der Waals surface area contributed by atoms with Gasteiger partial charge in [0.2, 0.25) is 17.7 Å². The third-order valence-electron chi connectivity index (χ3n) is 1.53. The molecular weight excluding hydrogens is 142 g/mol. The smallest absolute Gasteiger partial charge is 0.235 e. The molecule has 4 nitrogen and oxygen atoms in total. The molecule has 0 aliphatic rings. The average molecular weight is 154 g/mol. The maximum absolute atomic E-state index is 11.3. The Kier molecular flexibility index (Phi) is 2.03. The molecule has 0 aliphatic carbocycles. The summed E-state index contributed by atoms with van der Waals surface area (Å²) in [5, 5.41) is 6.39. The lowest BCUT2D eigenvalue weighted by molar-refractivity contribution is -0.732. The van der Waals surface area contributed by atoms with Gasteiger partial charge in [-0.2, -0.15) is 4.68 Å². The molecule has 0 aliphatic heterocycles. The van der Waals surface area contributed by atoms with Crippen molar-refractivity contribution in [3.63, 3.8) is 0 Å². The molecule has 11 heavy (non-hydrogen) atoms. The number of ketones is 1. The van der Waals surface area contributed by atoms with Crippen LogP contribution in [0.1, 0.15) is 24.3 Å². The SMILES string of the molecule is CC(C)C(=O)c1cn[nH][n+]1C. The number of hydrogen-bond acceptors (Lipinski definition) is 2. The van der Waals surface area contributed by atoms with Crippen LogP contribution in [0.2, 0.25) is 0 Å². The minimum atomic E-state index is 0.0267. The van der Waals surface area contributed by atoms with E-state index in [2.05, 4.69) is 10.3 Å². The largest absolute Gasteiger partial charge is 0.290 e. The summed E-state index contributed by atoms with van der Waals surface area (Å²) in [4.78, 5) is 11.3. The molecule has 60 valence electrons. The van der Waals surface area contributed by atoms with Gasteiger partial charge in [0.25, 0.3) is 0 Å². The van der Waals surface area contributed by atoms with E-state index >= 15 is 0 Å². The number of Topliss-reactive ketones (excluding diaryl/α,β-unsaturated/α-hetero) is 1. The van der Waals surface area contributed by atoms with Crippen molar-refractivity contribution in [1.82, 2.24) is 10.3 Å². The zero-order chi connectivity index (χ0) is 8.43. The molecule has 0 radical (unpaired) electrons. The number of nitrogens with one attached hydrogen (secondary N) is 1. The van der Waals surface area contributed by atoms with Gasteiger partial charge in [0.1, 0.15) is 7.05 Å². The molecule has 0 spiro atoms. The quantitative estimate of drug-likeness (QED) is 0.484. The number of carbonyl (C=O) groups excluding carboxylic acids is 1. The lowest BCUT2D eigenvalue weighted by atomic mass is 10.1. The van der Waals surface area contributed by atoms with Crippen LogP contribution in [0.15, 0.2) is 6.20 Å².